The highest BCUT2D eigenvalue weighted by atomic mass is 35.5. The highest BCUT2D eigenvalue weighted by Gasteiger charge is 2.13. The van der Waals surface area contributed by atoms with Gasteiger partial charge in [-0.3, -0.25) is 4.79 Å². The van der Waals surface area contributed by atoms with Gasteiger partial charge in [-0.25, -0.2) is 4.98 Å². The van der Waals surface area contributed by atoms with Crippen LogP contribution < -0.4 is 5.32 Å². The van der Waals surface area contributed by atoms with Gasteiger partial charge in [-0.2, -0.15) is 0 Å². The van der Waals surface area contributed by atoms with E-state index in [1.165, 1.54) is 6.26 Å². The van der Waals surface area contributed by atoms with Gasteiger partial charge in [0.2, 0.25) is 0 Å². The summed E-state index contributed by atoms with van der Waals surface area (Å²) in [6.45, 7) is 0. The molecule has 0 saturated carbocycles. The lowest BCUT2D eigenvalue weighted by Gasteiger charge is -2.02. The molecule has 0 unspecified atom stereocenters. The van der Waals surface area contributed by atoms with Crippen LogP contribution in [0, 0.1) is 0 Å². The number of pyridine rings is 1. The Labute approximate surface area is 114 Å². The first-order chi connectivity index (χ1) is 9.24. The topological polar surface area (TPSA) is 55.1 Å². The number of hydrogen-bond acceptors (Lipinski definition) is 3. The van der Waals surface area contributed by atoms with Crippen molar-refractivity contribution in [3.63, 3.8) is 0 Å². The number of nitrogens with zero attached hydrogens (tertiary/aromatic N) is 1. The zero-order valence-electron chi connectivity index (χ0n) is 9.76. The van der Waals surface area contributed by atoms with E-state index >= 15 is 0 Å². The molecule has 0 saturated heterocycles. The van der Waals surface area contributed by atoms with Gasteiger partial charge in [0, 0.05) is 5.39 Å². The number of anilines is 1. The minimum absolute atomic E-state index is 0.278. The van der Waals surface area contributed by atoms with Crippen molar-refractivity contribution in [1.29, 1.82) is 0 Å². The summed E-state index contributed by atoms with van der Waals surface area (Å²) in [5.74, 6) is 0.127. The number of aromatic nitrogens is 1. The molecule has 2 heterocycles. The summed E-state index contributed by atoms with van der Waals surface area (Å²) in [6.07, 6.45) is 1.44. The number of rotatable bonds is 2. The van der Waals surface area contributed by atoms with E-state index in [-0.39, 0.29) is 5.91 Å². The maximum atomic E-state index is 12.1. The molecule has 3 aromatic rings. The van der Waals surface area contributed by atoms with Gasteiger partial charge in [0.15, 0.2) is 0 Å². The van der Waals surface area contributed by atoms with Gasteiger partial charge in [-0.1, -0.05) is 35.9 Å². The van der Waals surface area contributed by atoms with Crippen molar-refractivity contribution in [3.8, 4) is 0 Å². The van der Waals surface area contributed by atoms with Crippen LogP contribution in [-0.2, 0) is 0 Å². The lowest BCUT2D eigenvalue weighted by atomic mass is 10.1. The normalized spacial score (nSPS) is 10.6. The SMILES string of the molecule is O=C(Nc1cccc(Cl)n1)c1coc2ccccc12. The maximum Gasteiger partial charge on any atom is 0.260 e. The van der Waals surface area contributed by atoms with Crippen molar-refractivity contribution >= 4 is 34.3 Å². The Morgan fingerprint density at radius 3 is 2.84 bits per heavy atom. The Hall–Kier alpha value is -2.33. The van der Waals surface area contributed by atoms with Crippen LogP contribution in [-0.4, -0.2) is 10.9 Å². The maximum absolute atomic E-state index is 12.1. The molecule has 19 heavy (non-hydrogen) atoms. The van der Waals surface area contributed by atoms with Crippen molar-refractivity contribution in [1.82, 2.24) is 4.98 Å². The van der Waals surface area contributed by atoms with Gasteiger partial charge < -0.3 is 9.73 Å². The molecule has 0 bridgehead atoms. The van der Waals surface area contributed by atoms with Crippen molar-refractivity contribution in [2.75, 3.05) is 5.32 Å². The van der Waals surface area contributed by atoms with Crippen LogP contribution in [0.5, 0.6) is 0 Å². The predicted octanol–water partition coefficient (Wildman–Crippen LogP) is 3.73. The molecular formula is C14H9ClN2O2. The van der Waals surface area contributed by atoms with Gasteiger partial charge in [-0.15, -0.1) is 0 Å². The molecule has 1 aromatic carbocycles. The van der Waals surface area contributed by atoms with Crippen LogP contribution in [0.2, 0.25) is 5.15 Å². The Morgan fingerprint density at radius 2 is 2.00 bits per heavy atom. The van der Waals surface area contributed by atoms with E-state index in [0.29, 0.717) is 22.1 Å². The van der Waals surface area contributed by atoms with Gasteiger partial charge in [0.05, 0.1) is 5.56 Å². The fraction of sp³-hybridized carbons (Fsp3) is 0. The Bertz CT molecular complexity index is 752. The van der Waals surface area contributed by atoms with Crippen LogP contribution in [0.3, 0.4) is 0 Å². The molecule has 0 aliphatic carbocycles. The standard InChI is InChI=1S/C14H9ClN2O2/c15-12-6-3-7-13(16-12)17-14(18)10-8-19-11-5-2-1-4-9(10)11/h1-8H,(H,16,17,18). The van der Waals surface area contributed by atoms with Crippen molar-refractivity contribution < 1.29 is 9.21 Å². The van der Waals surface area contributed by atoms with Gasteiger partial charge in [0.1, 0.15) is 22.8 Å². The quantitative estimate of drug-likeness (QED) is 0.723. The van der Waals surface area contributed by atoms with Gasteiger partial charge in [0.25, 0.3) is 5.91 Å². The highest BCUT2D eigenvalue weighted by molar-refractivity contribution is 6.29. The number of carbonyl (C=O) groups is 1. The summed E-state index contributed by atoms with van der Waals surface area (Å²) in [7, 11) is 0. The molecule has 0 radical (unpaired) electrons. The van der Waals surface area contributed by atoms with Crippen LogP contribution in [0.1, 0.15) is 10.4 Å². The van der Waals surface area contributed by atoms with E-state index in [2.05, 4.69) is 10.3 Å². The summed E-state index contributed by atoms with van der Waals surface area (Å²) in [5, 5.41) is 3.78. The van der Waals surface area contributed by atoms with Gasteiger partial charge >= 0.3 is 0 Å². The largest absolute Gasteiger partial charge is 0.463 e. The van der Waals surface area contributed by atoms with Crippen molar-refractivity contribution in [2.24, 2.45) is 0 Å². The Balaban J connectivity index is 1.92. The third-order valence-electron chi connectivity index (χ3n) is 2.68. The van der Waals surface area contributed by atoms with E-state index in [4.69, 9.17) is 16.0 Å². The average molecular weight is 273 g/mol. The zero-order valence-corrected chi connectivity index (χ0v) is 10.5. The summed E-state index contributed by atoms with van der Waals surface area (Å²) in [4.78, 5) is 16.2. The molecular weight excluding hydrogens is 264 g/mol. The number of halogens is 1. The van der Waals surface area contributed by atoms with Crippen molar-refractivity contribution in [3.05, 3.63) is 59.4 Å². The molecule has 94 valence electrons. The fourth-order valence-corrected chi connectivity index (χ4v) is 1.98. The second-order valence-electron chi connectivity index (χ2n) is 3.95. The molecule has 4 nitrogen and oxygen atoms in total. The number of nitrogens with one attached hydrogen (secondary N) is 1. The van der Waals surface area contributed by atoms with E-state index in [1.807, 2.05) is 24.3 Å². The van der Waals surface area contributed by atoms with Crippen molar-refractivity contribution in [2.45, 2.75) is 0 Å². The third-order valence-corrected chi connectivity index (χ3v) is 2.89. The van der Waals surface area contributed by atoms with E-state index in [0.717, 1.165) is 5.39 Å². The first kappa shape index (κ1) is 11.7. The molecule has 0 aliphatic rings. The van der Waals surface area contributed by atoms with E-state index < -0.39 is 0 Å². The molecule has 0 atom stereocenters. The minimum atomic E-state index is -0.278. The number of furan rings is 1. The van der Waals surface area contributed by atoms with Gasteiger partial charge in [-0.05, 0) is 18.2 Å². The van der Waals surface area contributed by atoms with E-state index in [1.54, 1.807) is 18.2 Å². The monoisotopic (exact) mass is 272 g/mol. The number of hydrogen-bond donors (Lipinski definition) is 1. The van der Waals surface area contributed by atoms with Crippen LogP contribution in [0.25, 0.3) is 11.0 Å². The minimum Gasteiger partial charge on any atom is -0.463 e. The zero-order chi connectivity index (χ0) is 13.2. The van der Waals surface area contributed by atoms with Crippen LogP contribution >= 0.6 is 11.6 Å². The smallest absolute Gasteiger partial charge is 0.260 e. The average Bonchev–Trinajstić information content (AvgIpc) is 2.82. The molecule has 1 amide bonds. The first-order valence-electron chi connectivity index (χ1n) is 5.64. The summed E-state index contributed by atoms with van der Waals surface area (Å²) in [5.41, 5.74) is 1.14. The summed E-state index contributed by atoms with van der Waals surface area (Å²) < 4.78 is 5.32. The molecule has 0 aliphatic heterocycles. The Kier molecular flexibility index (Phi) is 2.93. The molecule has 1 N–H and O–H groups in total. The molecule has 5 heteroatoms. The van der Waals surface area contributed by atoms with Crippen LogP contribution in [0.15, 0.2) is 53.1 Å². The predicted molar refractivity (Wildman–Crippen MR) is 73.4 cm³/mol. The third kappa shape index (κ3) is 2.30. The number of para-hydroxylation sites is 1. The number of carbonyl (C=O) groups excluding carboxylic acids is 1. The molecule has 0 spiro atoms. The molecule has 2 aromatic heterocycles. The molecule has 3 rings (SSSR count). The lowest BCUT2D eigenvalue weighted by molar-refractivity contribution is 0.102. The fourth-order valence-electron chi connectivity index (χ4n) is 1.82. The second kappa shape index (κ2) is 4.74. The Morgan fingerprint density at radius 1 is 1.16 bits per heavy atom. The lowest BCUT2D eigenvalue weighted by Crippen LogP contribution is -2.12. The molecule has 0 fully saturated rings. The summed E-state index contributed by atoms with van der Waals surface area (Å²) >= 11 is 5.77. The summed E-state index contributed by atoms with van der Waals surface area (Å²) in [6, 6.07) is 12.4. The second-order valence-corrected chi connectivity index (χ2v) is 4.33. The number of benzene rings is 1. The number of amides is 1. The highest BCUT2D eigenvalue weighted by Crippen LogP contribution is 2.21. The van der Waals surface area contributed by atoms with Crippen LogP contribution in [0.4, 0.5) is 5.82 Å². The number of fused-ring (bicyclic) bond motifs is 1. The first-order valence-corrected chi connectivity index (χ1v) is 6.02. The van der Waals surface area contributed by atoms with E-state index in [9.17, 15) is 4.79 Å².